The number of amides is 2. The third kappa shape index (κ3) is 4.97. The summed E-state index contributed by atoms with van der Waals surface area (Å²) < 4.78 is 1.86. The average molecular weight is 516 g/mol. The molecule has 1 fully saturated rings. The summed E-state index contributed by atoms with van der Waals surface area (Å²) >= 11 is 2.45. The van der Waals surface area contributed by atoms with Crippen LogP contribution in [0.4, 0.5) is 10.8 Å². The molecule has 2 atom stereocenters. The Kier molecular flexibility index (Phi) is 7.02. The number of oxime groups is 1. The van der Waals surface area contributed by atoms with Crippen LogP contribution in [0.25, 0.3) is 0 Å². The average Bonchev–Trinajstić information content (AvgIpc) is 3.27. The largest absolute Gasteiger partial charge is 0.543 e. The van der Waals surface area contributed by atoms with Crippen molar-refractivity contribution in [3.8, 4) is 0 Å². The summed E-state index contributed by atoms with van der Waals surface area (Å²) in [5.41, 5.74) is 12.2. The number of anilines is 2. The lowest BCUT2D eigenvalue weighted by molar-refractivity contribution is -0.686. The fourth-order valence-electron chi connectivity index (χ4n) is 3.57. The highest BCUT2D eigenvalue weighted by molar-refractivity contribution is 8.00. The number of nitrogens with two attached hydrogens (primary N) is 2. The normalized spacial score (nSPS) is 20.0. The van der Waals surface area contributed by atoms with E-state index in [1.54, 1.807) is 36.7 Å². The highest BCUT2D eigenvalue weighted by atomic mass is 32.2. The van der Waals surface area contributed by atoms with E-state index in [4.69, 9.17) is 16.3 Å². The van der Waals surface area contributed by atoms with E-state index in [0.29, 0.717) is 23.6 Å². The van der Waals surface area contributed by atoms with Crippen molar-refractivity contribution < 1.29 is 28.9 Å². The molecule has 2 aromatic rings. The molecule has 2 amide bonds. The van der Waals surface area contributed by atoms with E-state index in [1.807, 2.05) is 4.57 Å². The summed E-state index contributed by atoms with van der Waals surface area (Å²) in [5, 5.41) is 19.4. The lowest BCUT2D eigenvalue weighted by Crippen LogP contribution is -2.71. The zero-order valence-electron chi connectivity index (χ0n) is 18.4. The van der Waals surface area contributed by atoms with E-state index in [0.717, 1.165) is 16.2 Å². The first-order chi connectivity index (χ1) is 16.8. The van der Waals surface area contributed by atoms with Crippen LogP contribution in [-0.4, -0.2) is 57.7 Å². The van der Waals surface area contributed by atoms with Gasteiger partial charge in [-0.05, 0) is 11.6 Å². The molecule has 0 aromatic carbocycles. The summed E-state index contributed by atoms with van der Waals surface area (Å²) in [6.07, 6.45) is 7.04. The van der Waals surface area contributed by atoms with Crippen LogP contribution in [-0.2, 0) is 25.8 Å². The second kappa shape index (κ2) is 10.1. The molecule has 2 aliphatic heterocycles. The molecule has 0 saturated carbocycles. The molecule has 5 N–H and O–H groups in total. The molecule has 4 heterocycles. The second-order valence-electron chi connectivity index (χ2n) is 7.45. The van der Waals surface area contributed by atoms with Crippen LogP contribution in [0.2, 0.25) is 0 Å². The van der Waals surface area contributed by atoms with Gasteiger partial charge in [0.15, 0.2) is 29.8 Å². The topological polar surface area (TPSA) is 180 Å². The number of carbonyl (C=O) groups is 3. The van der Waals surface area contributed by atoms with Crippen LogP contribution in [0.1, 0.15) is 5.69 Å². The van der Waals surface area contributed by atoms with Gasteiger partial charge in [-0.3, -0.25) is 14.5 Å². The fraction of sp³-hybridized carbons (Fsp3) is 0.238. The number of hydrogen-bond donors (Lipinski definition) is 3. The molecule has 0 bridgehead atoms. The first-order valence-corrected chi connectivity index (χ1v) is 12.2. The molecule has 1 saturated heterocycles. The molecule has 2 aromatic heterocycles. The van der Waals surface area contributed by atoms with Crippen LogP contribution in [0.5, 0.6) is 0 Å². The van der Waals surface area contributed by atoms with Crippen molar-refractivity contribution in [3.05, 3.63) is 59.0 Å². The number of thiazole rings is 1. The molecule has 0 spiro atoms. The number of nitrogens with zero attached hydrogens (tertiary/aromatic N) is 4. The molecule has 35 heavy (non-hydrogen) atoms. The maximum Gasteiger partial charge on any atom is 0.276 e. The number of nitrogen functional groups attached to an aromatic ring is 2. The number of aliphatic carboxylic acids is 1. The maximum absolute atomic E-state index is 12.9. The number of allylic oxidation sites excluding steroid dienone is 2. The predicted octanol–water partition coefficient (Wildman–Crippen LogP) is -1.39. The van der Waals surface area contributed by atoms with Crippen molar-refractivity contribution in [2.24, 2.45) is 5.16 Å². The highest BCUT2D eigenvalue weighted by Crippen LogP contribution is 2.40. The maximum atomic E-state index is 12.9. The van der Waals surface area contributed by atoms with E-state index in [9.17, 15) is 19.5 Å². The molecule has 0 radical (unpaired) electrons. The van der Waals surface area contributed by atoms with Gasteiger partial charge in [-0.25, -0.2) is 9.55 Å². The molecule has 4 rings (SSSR count). The zero-order chi connectivity index (χ0) is 25.1. The number of pyridine rings is 1. The minimum Gasteiger partial charge on any atom is -0.543 e. The lowest BCUT2D eigenvalue weighted by atomic mass is 10.0. The number of carboxylic acid groups (broad SMARTS) is 1. The number of hydrogen-bond acceptors (Lipinski definition) is 11. The van der Waals surface area contributed by atoms with Crippen LogP contribution in [0.15, 0.2) is 58.5 Å². The van der Waals surface area contributed by atoms with Crippen molar-refractivity contribution in [2.45, 2.75) is 18.0 Å². The number of nitrogens with one attached hydrogen (secondary N) is 1. The van der Waals surface area contributed by atoms with Crippen LogP contribution >= 0.6 is 23.1 Å². The summed E-state index contributed by atoms with van der Waals surface area (Å²) in [7, 11) is 1.27. The van der Waals surface area contributed by atoms with E-state index < -0.39 is 29.2 Å². The first-order valence-electron chi connectivity index (χ1n) is 10.2. The van der Waals surface area contributed by atoms with Gasteiger partial charge in [0.05, 0.1) is 11.7 Å². The van der Waals surface area contributed by atoms with E-state index in [2.05, 4.69) is 15.5 Å². The fourth-order valence-corrected chi connectivity index (χ4v) is 5.44. The summed E-state index contributed by atoms with van der Waals surface area (Å²) in [5.74, 6) is -2.41. The van der Waals surface area contributed by atoms with Gasteiger partial charge in [-0.2, -0.15) is 0 Å². The van der Waals surface area contributed by atoms with Crippen LogP contribution < -0.4 is 26.5 Å². The van der Waals surface area contributed by atoms with Crippen molar-refractivity contribution >= 4 is 57.4 Å². The van der Waals surface area contributed by atoms with Crippen molar-refractivity contribution in [1.29, 1.82) is 0 Å². The number of β-lactam (4-membered cyclic amide) rings is 1. The van der Waals surface area contributed by atoms with Gasteiger partial charge >= 0.3 is 0 Å². The monoisotopic (exact) mass is 515 g/mol. The smallest absolute Gasteiger partial charge is 0.276 e. The van der Waals surface area contributed by atoms with Gasteiger partial charge in [0.25, 0.3) is 11.8 Å². The Bertz CT molecular complexity index is 1260. The Morgan fingerprint density at radius 2 is 2.14 bits per heavy atom. The van der Waals surface area contributed by atoms with Crippen LogP contribution in [0, 0.1) is 0 Å². The molecule has 2 aliphatic rings. The zero-order valence-corrected chi connectivity index (χ0v) is 20.0. The standard InChI is InChI=1S/C21H21N7O5S2/c1-33-26-14(13-10-35-21(23)24-13)17(29)25-15-18(30)28-16(20(31)32)11(9-34-19(15)28)3-2-6-27-7-4-12(22)5-8-27/h2-5,7-8,10,15,19,22H,6,9H2,1H3,(H4,23,24,25,29,31,32)/b3-2+,26-14-/t15?,19-/m1/s1. The van der Waals surface area contributed by atoms with Gasteiger partial charge in [0, 0.05) is 29.0 Å². The molecule has 0 aliphatic carbocycles. The summed E-state index contributed by atoms with van der Waals surface area (Å²) in [6.45, 7) is 0.480. The predicted molar refractivity (Wildman–Crippen MR) is 127 cm³/mol. The summed E-state index contributed by atoms with van der Waals surface area (Å²) in [4.78, 5) is 47.5. The van der Waals surface area contributed by atoms with Gasteiger partial charge in [0.2, 0.25) is 0 Å². The Labute approximate surface area is 207 Å². The molecule has 12 nitrogen and oxygen atoms in total. The lowest BCUT2D eigenvalue weighted by Gasteiger charge is -2.50. The minimum absolute atomic E-state index is 0.146. The van der Waals surface area contributed by atoms with Gasteiger partial charge < -0.3 is 31.5 Å². The number of fused-ring (bicyclic) bond motifs is 1. The number of carboxylic acids is 1. The van der Waals surface area contributed by atoms with Gasteiger partial charge in [-0.15, -0.1) is 23.1 Å². The molecular formula is C21H21N7O5S2. The van der Waals surface area contributed by atoms with Gasteiger partial charge in [-0.1, -0.05) is 11.2 Å². The molecule has 182 valence electrons. The van der Waals surface area contributed by atoms with Crippen molar-refractivity contribution in [2.75, 3.05) is 24.3 Å². The number of aromatic nitrogens is 2. The molecule has 14 heteroatoms. The van der Waals surface area contributed by atoms with Crippen LogP contribution in [0.3, 0.4) is 0 Å². The van der Waals surface area contributed by atoms with Gasteiger partial charge in [0.1, 0.15) is 24.2 Å². The first kappa shape index (κ1) is 24.2. The van der Waals surface area contributed by atoms with E-state index >= 15 is 0 Å². The minimum atomic E-state index is -1.47. The Morgan fingerprint density at radius 3 is 2.77 bits per heavy atom. The Morgan fingerprint density at radius 1 is 1.40 bits per heavy atom. The molecular weight excluding hydrogens is 494 g/mol. The van der Waals surface area contributed by atoms with E-state index in [1.165, 1.54) is 24.3 Å². The third-order valence-electron chi connectivity index (χ3n) is 5.19. The third-order valence-corrected chi connectivity index (χ3v) is 7.17. The summed E-state index contributed by atoms with van der Waals surface area (Å²) in [6, 6.07) is 2.55. The molecule has 1 unspecified atom stereocenters. The highest BCUT2D eigenvalue weighted by Gasteiger charge is 2.53. The van der Waals surface area contributed by atoms with Crippen molar-refractivity contribution in [3.63, 3.8) is 0 Å². The number of carbonyl (C=O) groups excluding carboxylic acids is 3. The number of thioether (sulfide) groups is 1. The number of rotatable bonds is 8. The SMILES string of the molecule is CO/N=C(\C(=O)NC1C(=O)N2C(C(=O)[O-])=C(/C=C/C[n+]3ccc(N)cc3)CS[C@H]12)c1csc(N)n1. The Hall–Kier alpha value is -3.91. The quantitative estimate of drug-likeness (QED) is 0.165. The Balaban J connectivity index is 1.48. The second-order valence-corrected chi connectivity index (χ2v) is 9.44. The van der Waals surface area contributed by atoms with Crippen molar-refractivity contribution in [1.82, 2.24) is 15.2 Å². The van der Waals surface area contributed by atoms with E-state index in [-0.39, 0.29) is 22.2 Å².